The second kappa shape index (κ2) is 15.0. The molecule has 4 nitrogen and oxygen atoms in total. The average molecular weight is 517 g/mol. The Morgan fingerprint density at radius 3 is 2.48 bits per heavy atom. The zero-order valence-corrected chi connectivity index (χ0v) is 18.5. The summed E-state index contributed by atoms with van der Waals surface area (Å²) in [5, 5.41) is 6.44. The fourth-order valence-electron chi connectivity index (χ4n) is 1.95. The lowest BCUT2D eigenvalue weighted by Crippen LogP contribution is -2.38. The predicted octanol–water partition coefficient (Wildman–Crippen LogP) is 4.36. The molecular formula is C18H27F3IN3OS. The minimum atomic E-state index is -4.30. The van der Waals surface area contributed by atoms with Crippen LogP contribution >= 0.6 is 35.7 Å². The highest BCUT2D eigenvalue weighted by Crippen LogP contribution is 2.16. The van der Waals surface area contributed by atoms with E-state index in [1.165, 1.54) is 0 Å². The second-order valence-electron chi connectivity index (χ2n) is 5.41. The molecule has 2 N–H and O–H groups in total. The van der Waals surface area contributed by atoms with Gasteiger partial charge in [0.15, 0.2) is 5.96 Å². The Hall–Kier alpha value is -0.940. The van der Waals surface area contributed by atoms with E-state index in [-0.39, 0.29) is 30.6 Å². The average Bonchev–Trinajstić information content (AvgIpc) is 2.59. The van der Waals surface area contributed by atoms with Crippen molar-refractivity contribution in [2.45, 2.75) is 26.3 Å². The third-order valence-electron chi connectivity index (χ3n) is 3.10. The monoisotopic (exact) mass is 517 g/mol. The first kappa shape index (κ1) is 26.1. The SMILES string of the molecule is C=CCSCCNC(=NCc1ccc(COCC(F)(F)F)cc1)NCC.I. The molecule has 0 spiro atoms. The zero-order valence-electron chi connectivity index (χ0n) is 15.3. The van der Waals surface area contributed by atoms with E-state index in [1.54, 1.807) is 23.9 Å². The second-order valence-corrected chi connectivity index (χ2v) is 6.56. The summed E-state index contributed by atoms with van der Waals surface area (Å²) in [6, 6.07) is 7.21. The van der Waals surface area contributed by atoms with Gasteiger partial charge in [0.05, 0.1) is 13.2 Å². The van der Waals surface area contributed by atoms with Crippen LogP contribution in [0.2, 0.25) is 0 Å². The summed E-state index contributed by atoms with van der Waals surface area (Å²) >= 11 is 1.79. The van der Waals surface area contributed by atoms with Crippen molar-refractivity contribution in [3.63, 3.8) is 0 Å². The molecule has 0 aliphatic carbocycles. The molecule has 9 heteroatoms. The van der Waals surface area contributed by atoms with E-state index in [4.69, 9.17) is 0 Å². The number of nitrogens with one attached hydrogen (secondary N) is 2. The molecule has 0 saturated carbocycles. The van der Waals surface area contributed by atoms with Crippen LogP contribution in [0.5, 0.6) is 0 Å². The molecule has 0 aliphatic rings. The van der Waals surface area contributed by atoms with Gasteiger partial charge in [0.25, 0.3) is 0 Å². The number of aliphatic imine (C=N–C) groups is 1. The lowest BCUT2D eigenvalue weighted by Gasteiger charge is -2.11. The van der Waals surface area contributed by atoms with Crippen molar-refractivity contribution in [2.75, 3.05) is 31.2 Å². The van der Waals surface area contributed by atoms with Crippen molar-refractivity contribution in [1.29, 1.82) is 0 Å². The molecule has 0 heterocycles. The summed E-state index contributed by atoms with van der Waals surface area (Å²) < 4.78 is 40.8. The Morgan fingerprint density at radius 2 is 1.89 bits per heavy atom. The molecule has 1 rings (SSSR count). The highest BCUT2D eigenvalue weighted by molar-refractivity contribution is 14.0. The molecule has 0 amide bonds. The minimum absolute atomic E-state index is 0. The van der Waals surface area contributed by atoms with Crippen LogP contribution in [0, 0.1) is 0 Å². The molecule has 1 aromatic carbocycles. The maximum absolute atomic E-state index is 12.1. The van der Waals surface area contributed by atoms with Crippen LogP contribution < -0.4 is 10.6 Å². The summed E-state index contributed by atoms with van der Waals surface area (Å²) in [4.78, 5) is 4.51. The van der Waals surface area contributed by atoms with Crippen LogP contribution in [-0.4, -0.2) is 43.3 Å². The number of benzene rings is 1. The number of nitrogens with zero attached hydrogens (tertiary/aromatic N) is 1. The lowest BCUT2D eigenvalue weighted by atomic mass is 10.1. The largest absolute Gasteiger partial charge is 0.411 e. The quantitative estimate of drug-likeness (QED) is 0.151. The predicted molar refractivity (Wildman–Crippen MR) is 118 cm³/mol. The molecule has 154 valence electrons. The Morgan fingerprint density at radius 1 is 1.22 bits per heavy atom. The molecule has 1 aromatic rings. The van der Waals surface area contributed by atoms with E-state index >= 15 is 0 Å². The number of hydrogen-bond donors (Lipinski definition) is 2. The molecular weight excluding hydrogens is 490 g/mol. The van der Waals surface area contributed by atoms with E-state index in [2.05, 4.69) is 26.9 Å². The summed E-state index contributed by atoms with van der Waals surface area (Å²) in [6.45, 7) is 6.44. The summed E-state index contributed by atoms with van der Waals surface area (Å²) in [5.41, 5.74) is 1.68. The number of thioether (sulfide) groups is 1. The Balaban J connectivity index is 0.00000676. The van der Waals surface area contributed by atoms with Gasteiger partial charge < -0.3 is 15.4 Å². The third-order valence-corrected chi connectivity index (χ3v) is 4.06. The van der Waals surface area contributed by atoms with Gasteiger partial charge in [-0.25, -0.2) is 4.99 Å². The van der Waals surface area contributed by atoms with Gasteiger partial charge in [-0.3, -0.25) is 0 Å². The highest BCUT2D eigenvalue weighted by Gasteiger charge is 2.27. The smallest absolute Gasteiger partial charge is 0.367 e. The van der Waals surface area contributed by atoms with Crippen LogP contribution in [0.3, 0.4) is 0 Å². The van der Waals surface area contributed by atoms with Crippen molar-refractivity contribution in [3.8, 4) is 0 Å². The summed E-state index contributed by atoms with van der Waals surface area (Å²) in [7, 11) is 0. The van der Waals surface area contributed by atoms with Gasteiger partial charge in [-0.2, -0.15) is 24.9 Å². The van der Waals surface area contributed by atoms with Crippen molar-refractivity contribution >= 4 is 41.7 Å². The van der Waals surface area contributed by atoms with Gasteiger partial charge in [-0.05, 0) is 18.1 Å². The van der Waals surface area contributed by atoms with Crippen molar-refractivity contribution in [3.05, 3.63) is 48.0 Å². The molecule has 0 saturated heterocycles. The van der Waals surface area contributed by atoms with Crippen LogP contribution in [0.4, 0.5) is 13.2 Å². The first-order valence-corrected chi connectivity index (χ1v) is 9.53. The van der Waals surface area contributed by atoms with Crippen molar-refractivity contribution < 1.29 is 17.9 Å². The van der Waals surface area contributed by atoms with Crippen molar-refractivity contribution in [1.82, 2.24) is 10.6 Å². The van der Waals surface area contributed by atoms with Crippen molar-refractivity contribution in [2.24, 2.45) is 4.99 Å². The van der Waals surface area contributed by atoms with E-state index in [9.17, 15) is 13.2 Å². The summed E-state index contributed by atoms with van der Waals surface area (Å²) in [6.07, 6.45) is -2.42. The lowest BCUT2D eigenvalue weighted by molar-refractivity contribution is -0.176. The molecule has 0 radical (unpaired) electrons. The fraction of sp³-hybridized carbons (Fsp3) is 0.500. The maximum atomic E-state index is 12.1. The van der Waals surface area contributed by atoms with Crippen LogP contribution in [0.25, 0.3) is 0 Å². The molecule has 0 bridgehead atoms. The zero-order chi connectivity index (χ0) is 19.3. The van der Waals surface area contributed by atoms with Gasteiger partial charge in [0, 0.05) is 24.6 Å². The Labute approximate surface area is 180 Å². The standard InChI is InChI=1S/C18H26F3N3OS.HI/c1-3-10-26-11-9-23-17(22-4-2)24-12-15-5-7-16(8-6-15)13-25-14-18(19,20)21;/h3,5-8H,1,4,9-14H2,2H3,(H2,22,23,24);1H. The minimum Gasteiger partial charge on any atom is -0.367 e. The van der Waals surface area contributed by atoms with Crippen LogP contribution in [0.1, 0.15) is 18.1 Å². The summed E-state index contributed by atoms with van der Waals surface area (Å²) in [5.74, 6) is 2.63. The number of halogens is 4. The van der Waals surface area contributed by atoms with Crippen LogP contribution in [-0.2, 0) is 17.9 Å². The molecule has 27 heavy (non-hydrogen) atoms. The number of hydrogen-bond acceptors (Lipinski definition) is 3. The van der Waals surface area contributed by atoms with E-state index in [1.807, 2.05) is 25.1 Å². The first-order valence-electron chi connectivity index (χ1n) is 8.37. The third kappa shape index (κ3) is 13.8. The molecule has 0 aliphatic heterocycles. The number of guanidine groups is 1. The molecule has 0 atom stereocenters. The van der Waals surface area contributed by atoms with Gasteiger partial charge in [-0.15, -0.1) is 30.6 Å². The number of ether oxygens (including phenoxy) is 1. The van der Waals surface area contributed by atoms with Gasteiger partial charge in [0.2, 0.25) is 0 Å². The Kier molecular flexibility index (Phi) is 14.5. The van der Waals surface area contributed by atoms with E-state index in [0.717, 1.165) is 36.1 Å². The molecule has 0 fully saturated rings. The Bertz CT molecular complexity index is 554. The topological polar surface area (TPSA) is 45.7 Å². The van der Waals surface area contributed by atoms with Gasteiger partial charge in [-0.1, -0.05) is 30.3 Å². The normalized spacial score (nSPS) is 11.6. The maximum Gasteiger partial charge on any atom is 0.411 e. The number of rotatable bonds is 11. The van der Waals surface area contributed by atoms with E-state index < -0.39 is 12.8 Å². The highest BCUT2D eigenvalue weighted by atomic mass is 127. The van der Waals surface area contributed by atoms with Gasteiger partial charge in [0.1, 0.15) is 6.61 Å². The van der Waals surface area contributed by atoms with E-state index in [0.29, 0.717) is 12.1 Å². The molecule has 0 unspecified atom stereocenters. The van der Waals surface area contributed by atoms with Crippen LogP contribution in [0.15, 0.2) is 41.9 Å². The van der Waals surface area contributed by atoms with Gasteiger partial charge >= 0.3 is 6.18 Å². The first-order chi connectivity index (χ1) is 12.4. The fourth-order valence-corrected chi connectivity index (χ4v) is 2.53. The number of alkyl halides is 3. The molecule has 0 aromatic heterocycles.